The fourth-order valence-corrected chi connectivity index (χ4v) is 1.64. The molecule has 0 N–H and O–H groups in total. The van der Waals surface area contributed by atoms with Gasteiger partial charge in [0.05, 0.1) is 6.61 Å². The van der Waals surface area contributed by atoms with Gasteiger partial charge in [-0.05, 0) is 40.5 Å². The van der Waals surface area contributed by atoms with E-state index < -0.39 is 0 Å². The third-order valence-electron chi connectivity index (χ3n) is 2.23. The third-order valence-corrected chi connectivity index (χ3v) is 2.69. The Kier molecular flexibility index (Phi) is 4.59. The standard InChI is InChI=1S/C14H14BrNO2/c1-2-9-17-12-5-3-4-6-13(12)18-14-8-7-11(15)10-16-14/h3-8,10H,2,9H2,1H3. The van der Waals surface area contributed by atoms with Crippen LogP contribution in [0.1, 0.15) is 13.3 Å². The summed E-state index contributed by atoms with van der Waals surface area (Å²) in [6.07, 6.45) is 2.66. The van der Waals surface area contributed by atoms with E-state index in [0.29, 0.717) is 18.2 Å². The van der Waals surface area contributed by atoms with Crippen molar-refractivity contribution in [3.05, 3.63) is 47.1 Å². The van der Waals surface area contributed by atoms with E-state index in [1.165, 1.54) is 0 Å². The molecule has 1 aromatic carbocycles. The van der Waals surface area contributed by atoms with Crippen molar-refractivity contribution in [2.45, 2.75) is 13.3 Å². The highest BCUT2D eigenvalue weighted by molar-refractivity contribution is 9.10. The molecule has 0 saturated heterocycles. The molecule has 2 rings (SSSR count). The summed E-state index contributed by atoms with van der Waals surface area (Å²) in [7, 11) is 0. The minimum absolute atomic E-state index is 0.547. The molecule has 0 fully saturated rings. The maximum Gasteiger partial charge on any atom is 0.219 e. The van der Waals surface area contributed by atoms with Crippen LogP contribution in [0.5, 0.6) is 17.4 Å². The minimum Gasteiger partial charge on any atom is -0.490 e. The Morgan fingerprint density at radius 2 is 1.89 bits per heavy atom. The number of pyridine rings is 1. The molecular formula is C14H14BrNO2. The molecule has 18 heavy (non-hydrogen) atoms. The van der Waals surface area contributed by atoms with Gasteiger partial charge in [0.25, 0.3) is 0 Å². The highest BCUT2D eigenvalue weighted by Crippen LogP contribution is 2.30. The SMILES string of the molecule is CCCOc1ccccc1Oc1ccc(Br)cn1. The first-order chi connectivity index (χ1) is 8.79. The second-order valence-corrected chi connectivity index (χ2v) is 4.63. The molecule has 0 spiro atoms. The van der Waals surface area contributed by atoms with E-state index in [0.717, 1.165) is 16.6 Å². The zero-order valence-corrected chi connectivity index (χ0v) is 11.7. The van der Waals surface area contributed by atoms with Crippen molar-refractivity contribution in [1.29, 1.82) is 0 Å². The molecule has 0 radical (unpaired) electrons. The molecule has 0 atom stereocenters. The van der Waals surface area contributed by atoms with Gasteiger partial charge in [0.15, 0.2) is 11.5 Å². The molecule has 0 saturated carbocycles. The molecular weight excluding hydrogens is 294 g/mol. The van der Waals surface area contributed by atoms with Crippen LogP contribution in [0, 0.1) is 0 Å². The predicted octanol–water partition coefficient (Wildman–Crippen LogP) is 4.43. The van der Waals surface area contributed by atoms with Crippen LogP contribution in [0.2, 0.25) is 0 Å². The lowest BCUT2D eigenvalue weighted by atomic mass is 10.3. The average molecular weight is 308 g/mol. The molecule has 1 heterocycles. The summed E-state index contributed by atoms with van der Waals surface area (Å²) in [5.74, 6) is 1.97. The van der Waals surface area contributed by atoms with E-state index in [1.54, 1.807) is 12.3 Å². The van der Waals surface area contributed by atoms with Gasteiger partial charge in [-0.15, -0.1) is 0 Å². The number of rotatable bonds is 5. The van der Waals surface area contributed by atoms with E-state index in [2.05, 4.69) is 27.8 Å². The number of hydrogen-bond acceptors (Lipinski definition) is 3. The van der Waals surface area contributed by atoms with Crippen molar-refractivity contribution in [2.75, 3.05) is 6.61 Å². The summed E-state index contributed by atoms with van der Waals surface area (Å²) >= 11 is 3.34. The maximum absolute atomic E-state index is 5.70. The quantitative estimate of drug-likeness (QED) is 0.819. The third kappa shape index (κ3) is 3.47. The van der Waals surface area contributed by atoms with Gasteiger partial charge in [-0.2, -0.15) is 0 Å². The van der Waals surface area contributed by atoms with Crippen LogP contribution in [0.3, 0.4) is 0 Å². The van der Waals surface area contributed by atoms with Crippen molar-refractivity contribution < 1.29 is 9.47 Å². The van der Waals surface area contributed by atoms with Crippen LogP contribution < -0.4 is 9.47 Å². The second-order valence-electron chi connectivity index (χ2n) is 3.71. The van der Waals surface area contributed by atoms with Gasteiger partial charge in [-0.1, -0.05) is 19.1 Å². The van der Waals surface area contributed by atoms with E-state index in [9.17, 15) is 0 Å². The Labute approximate surface area is 115 Å². The van der Waals surface area contributed by atoms with Crippen LogP contribution in [0.25, 0.3) is 0 Å². The summed E-state index contributed by atoms with van der Waals surface area (Å²) in [5, 5.41) is 0. The van der Waals surface area contributed by atoms with Crippen LogP contribution in [0.4, 0.5) is 0 Å². The molecule has 0 amide bonds. The van der Waals surface area contributed by atoms with Crippen LogP contribution in [-0.2, 0) is 0 Å². The Balaban J connectivity index is 2.15. The highest BCUT2D eigenvalue weighted by atomic mass is 79.9. The first-order valence-corrected chi connectivity index (χ1v) is 6.60. The number of halogens is 1. The van der Waals surface area contributed by atoms with Gasteiger partial charge in [0.1, 0.15) is 0 Å². The first-order valence-electron chi connectivity index (χ1n) is 5.81. The molecule has 0 aliphatic rings. The molecule has 0 unspecified atom stereocenters. The van der Waals surface area contributed by atoms with Crippen LogP contribution in [-0.4, -0.2) is 11.6 Å². The molecule has 2 aromatic rings. The van der Waals surface area contributed by atoms with Gasteiger partial charge in [-0.25, -0.2) is 4.98 Å². The second kappa shape index (κ2) is 6.40. The zero-order valence-electron chi connectivity index (χ0n) is 10.1. The number of hydrogen-bond donors (Lipinski definition) is 0. The Morgan fingerprint density at radius 1 is 1.11 bits per heavy atom. The number of nitrogens with zero attached hydrogens (tertiary/aromatic N) is 1. The van der Waals surface area contributed by atoms with Gasteiger partial charge < -0.3 is 9.47 Å². The van der Waals surface area contributed by atoms with E-state index >= 15 is 0 Å². The van der Waals surface area contributed by atoms with Gasteiger partial charge in [0.2, 0.25) is 5.88 Å². The van der Waals surface area contributed by atoms with Crippen molar-refractivity contribution in [2.24, 2.45) is 0 Å². The Bertz CT molecular complexity index is 499. The molecule has 0 aliphatic heterocycles. The topological polar surface area (TPSA) is 31.4 Å². The number of para-hydroxylation sites is 2. The predicted molar refractivity (Wildman–Crippen MR) is 74.2 cm³/mol. The van der Waals surface area contributed by atoms with Crippen LogP contribution in [0.15, 0.2) is 47.1 Å². The van der Waals surface area contributed by atoms with E-state index in [1.807, 2.05) is 30.3 Å². The summed E-state index contributed by atoms with van der Waals surface area (Å²) in [6, 6.07) is 11.3. The van der Waals surface area contributed by atoms with E-state index in [-0.39, 0.29) is 0 Å². The van der Waals surface area contributed by atoms with E-state index in [4.69, 9.17) is 9.47 Å². The lowest BCUT2D eigenvalue weighted by molar-refractivity contribution is 0.301. The molecule has 94 valence electrons. The van der Waals surface area contributed by atoms with Gasteiger partial charge >= 0.3 is 0 Å². The molecule has 1 aromatic heterocycles. The molecule has 0 aliphatic carbocycles. The Morgan fingerprint density at radius 3 is 2.56 bits per heavy atom. The van der Waals surface area contributed by atoms with Crippen molar-refractivity contribution >= 4 is 15.9 Å². The van der Waals surface area contributed by atoms with Crippen molar-refractivity contribution in [1.82, 2.24) is 4.98 Å². The first kappa shape index (κ1) is 12.9. The fraction of sp³-hybridized carbons (Fsp3) is 0.214. The van der Waals surface area contributed by atoms with Crippen LogP contribution >= 0.6 is 15.9 Å². The smallest absolute Gasteiger partial charge is 0.219 e. The summed E-state index contributed by atoms with van der Waals surface area (Å²) in [5.41, 5.74) is 0. The molecule has 0 bridgehead atoms. The Hall–Kier alpha value is -1.55. The average Bonchev–Trinajstić information content (AvgIpc) is 2.40. The lowest BCUT2D eigenvalue weighted by Gasteiger charge is -2.11. The van der Waals surface area contributed by atoms with Crippen molar-refractivity contribution in [3.8, 4) is 17.4 Å². The summed E-state index contributed by atoms with van der Waals surface area (Å²) in [6.45, 7) is 2.74. The largest absolute Gasteiger partial charge is 0.490 e. The maximum atomic E-state index is 5.70. The monoisotopic (exact) mass is 307 g/mol. The fourth-order valence-electron chi connectivity index (χ4n) is 1.40. The minimum atomic E-state index is 0.547. The summed E-state index contributed by atoms with van der Waals surface area (Å²) < 4.78 is 12.2. The number of aromatic nitrogens is 1. The molecule has 3 nitrogen and oxygen atoms in total. The van der Waals surface area contributed by atoms with Crippen molar-refractivity contribution in [3.63, 3.8) is 0 Å². The lowest BCUT2D eigenvalue weighted by Crippen LogP contribution is -1.97. The zero-order chi connectivity index (χ0) is 12.8. The van der Waals surface area contributed by atoms with Gasteiger partial charge in [0, 0.05) is 16.7 Å². The number of ether oxygens (including phenoxy) is 2. The van der Waals surface area contributed by atoms with Gasteiger partial charge in [-0.3, -0.25) is 0 Å². The summed E-state index contributed by atoms with van der Waals surface area (Å²) in [4.78, 5) is 4.17. The highest BCUT2D eigenvalue weighted by Gasteiger charge is 2.05. The number of benzene rings is 1. The normalized spacial score (nSPS) is 10.1. The molecule has 4 heteroatoms.